The van der Waals surface area contributed by atoms with Gasteiger partial charge < -0.3 is 23.7 Å². The summed E-state index contributed by atoms with van der Waals surface area (Å²) < 4.78 is 26.0. The molecule has 39 heavy (non-hydrogen) atoms. The van der Waals surface area contributed by atoms with Crippen LogP contribution in [0.5, 0.6) is 0 Å². The van der Waals surface area contributed by atoms with Gasteiger partial charge in [0.15, 0.2) is 17.7 Å². The Morgan fingerprint density at radius 1 is 0.846 bits per heavy atom. The highest BCUT2D eigenvalue weighted by Gasteiger charge is 2.63. The maximum atomic E-state index is 11.8. The number of hydrogen-bond donors (Lipinski definition) is 1. The van der Waals surface area contributed by atoms with E-state index in [1.165, 1.54) is 10.4 Å². The number of rotatable bonds is 8. The maximum absolute atomic E-state index is 11.8. The molecular weight excluding hydrogens is 521 g/mol. The van der Waals surface area contributed by atoms with Crippen molar-refractivity contribution in [2.45, 2.75) is 108 Å². The third-order valence-electron chi connectivity index (χ3n) is 8.69. The van der Waals surface area contributed by atoms with Gasteiger partial charge >= 0.3 is 0 Å². The molecule has 2 fully saturated rings. The first-order chi connectivity index (χ1) is 18.4. The van der Waals surface area contributed by atoms with E-state index in [1.54, 1.807) is 0 Å². The first kappa shape index (κ1) is 30.2. The minimum absolute atomic E-state index is 0.121. The van der Waals surface area contributed by atoms with E-state index >= 15 is 0 Å². The number of hydrogen-bond acceptors (Lipinski definition) is 5. The van der Waals surface area contributed by atoms with Crippen LogP contribution in [0.15, 0.2) is 60.7 Å². The van der Waals surface area contributed by atoms with Crippen LogP contribution in [0.4, 0.5) is 0 Å². The quantitative estimate of drug-likeness (QED) is 0.351. The molecule has 0 radical (unpaired) electrons. The lowest BCUT2D eigenvalue weighted by Gasteiger charge is -2.44. The van der Waals surface area contributed by atoms with Gasteiger partial charge in [0, 0.05) is 0 Å². The van der Waals surface area contributed by atoms with Crippen molar-refractivity contribution in [2.75, 3.05) is 6.61 Å². The van der Waals surface area contributed by atoms with Gasteiger partial charge in [-0.25, -0.2) is 0 Å². The van der Waals surface area contributed by atoms with Gasteiger partial charge in [0.05, 0.1) is 6.61 Å². The lowest BCUT2D eigenvalue weighted by molar-refractivity contribution is -0.231. The van der Waals surface area contributed by atoms with Crippen molar-refractivity contribution >= 4 is 26.8 Å². The summed E-state index contributed by atoms with van der Waals surface area (Å²) >= 11 is 0. The number of aliphatic hydroxyl groups is 1. The average Bonchev–Trinajstić information content (AvgIpc) is 3.35. The first-order valence-electron chi connectivity index (χ1n) is 14.4. The second kappa shape index (κ2) is 11.2. The van der Waals surface area contributed by atoms with Gasteiger partial charge in [0.25, 0.3) is 8.32 Å². The zero-order valence-corrected chi connectivity index (χ0v) is 26.9. The molecule has 0 unspecified atom stereocenters. The molecule has 212 valence electrons. The minimum Gasteiger partial charge on any atom is -0.403 e. The third kappa shape index (κ3) is 5.58. The Kier molecular flexibility index (Phi) is 8.71. The van der Waals surface area contributed by atoms with E-state index in [1.807, 2.05) is 26.0 Å². The third-order valence-corrected chi connectivity index (χ3v) is 18.4. The van der Waals surface area contributed by atoms with Gasteiger partial charge in [0.1, 0.15) is 20.3 Å². The van der Waals surface area contributed by atoms with Crippen molar-refractivity contribution in [3.63, 3.8) is 0 Å². The Labute approximate surface area is 237 Å². The van der Waals surface area contributed by atoms with E-state index in [2.05, 4.69) is 102 Å². The molecule has 0 bridgehead atoms. The minimum atomic E-state index is -2.89. The maximum Gasteiger partial charge on any atom is 0.261 e. The van der Waals surface area contributed by atoms with Gasteiger partial charge in [-0.15, -0.1) is 5.54 Å². The summed E-state index contributed by atoms with van der Waals surface area (Å²) in [6, 6.07) is 24.2. The summed E-state index contributed by atoms with van der Waals surface area (Å²) in [6.45, 7) is 17.2. The Bertz CT molecular complexity index is 1120. The lowest BCUT2D eigenvalue weighted by Crippen LogP contribution is -2.68. The van der Waals surface area contributed by atoms with Crippen molar-refractivity contribution in [3.8, 4) is 11.5 Å². The van der Waals surface area contributed by atoms with Crippen LogP contribution in [0.2, 0.25) is 23.2 Å². The Hall–Kier alpha value is -1.77. The van der Waals surface area contributed by atoms with E-state index in [-0.39, 0.29) is 11.6 Å². The Morgan fingerprint density at radius 2 is 1.36 bits per heavy atom. The van der Waals surface area contributed by atoms with Gasteiger partial charge in [0.2, 0.25) is 0 Å². The highest BCUT2D eigenvalue weighted by Crippen LogP contribution is 2.44. The molecule has 2 aromatic carbocycles. The van der Waals surface area contributed by atoms with E-state index in [9.17, 15) is 5.11 Å². The fourth-order valence-electron chi connectivity index (χ4n) is 6.09. The molecule has 2 aromatic rings. The summed E-state index contributed by atoms with van der Waals surface area (Å²) in [5.74, 6) is 2.67. The summed E-state index contributed by atoms with van der Waals surface area (Å²) in [7, 11) is -4.73. The van der Waals surface area contributed by atoms with Crippen LogP contribution in [0, 0.1) is 11.5 Å². The van der Waals surface area contributed by atoms with Crippen LogP contribution in [0.3, 0.4) is 0 Å². The fourth-order valence-corrected chi connectivity index (χ4v) is 13.2. The molecule has 2 aliphatic rings. The summed E-state index contributed by atoms with van der Waals surface area (Å²) in [6.07, 6.45) is -2.33. The summed E-state index contributed by atoms with van der Waals surface area (Å²) in [5, 5.41) is 13.9. The molecule has 4 rings (SSSR count). The van der Waals surface area contributed by atoms with Crippen molar-refractivity contribution in [3.05, 3.63) is 60.7 Å². The zero-order valence-electron chi connectivity index (χ0n) is 24.9. The molecule has 2 saturated heterocycles. The number of fused-ring (bicyclic) bond motifs is 1. The SMILES string of the molecule is CC[Si](C#C[C@]1(CO[Si](c2ccccc2)(c2ccccc2)C(C)(C)C)O[C@@H]2OC(C)(C)O[C@@H]2[C@H]1O)(CC)CC. The second-order valence-electron chi connectivity index (χ2n) is 12.5. The van der Waals surface area contributed by atoms with Gasteiger partial charge in [-0.2, -0.15) is 0 Å². The van der Waals surface area contributed by atoms with Gasteiger partial charge in [-0.05, 0) is 47.4 Å². The van der Waals surface area contributed by atoms with E-state index in [4.69, 9.17) is 18.6 Å². The molecule has 5 nitrogen and oxygen atoms in total. The summed E-state index contributed by atoms with van der Waals surface area (Å²) in [5.41, 5.74) is 2.43. The normalized spacial score (nSPS) is 26.6. The molecule has 0 saturated carbocycles. The Morgan fingerprint density at radius 3 is 1.79 bits per heavy atom. The van der Waals surface area contributed by atoms with Crippen LogP contribution >= 0.6 is 0 Å². The monoisotopic (exact) mass is 566 g/mol. The Balaban J connectivity index is 1.83. The van der Waals surface area contributed by atoms with Gasteiger partial charge in [-0.3, -0.25) is 0 Å². The first-order valence-corrected chi connectivity index (χ1v) is 18.9. The summed E-state index contributed by atoms with van der Waals surface area (Å²) in [4.78, 5) is 0. The van der Waals surface area contributed by atoms with Crippen LogP contribution in [0.1, 0.15) is 55.4 Å². The molecule has 1 N–H and O–H groups in total. The van der Waals surface area contributed by atoms with Crippen molar-refractivity contribution in [1.29, 1.82) is 0 Å². The molecule has 0 amide bonds. The topological polar surface area (TPSA) is 57.2 Å². The average molecular weight is 567 g/mol. The van der Waals surface area contributed by atoms with Crippen LogP contribution in [-0.4, -0.2) is 58.0 Å². The second-order valence-corrected chi connectivity index (χ2v) is 21.7. The lowest BCUT2D eigenvalue weighted by atomic mass is 9.97. The van der Waals surface area contributed by atoms with Crippen LogP contribution < -0.4 is 10.4 Å². The molecule has 2 aliphatic heterocycles. The largest absolute Gasteiger partial charge is 0.403 e. The molecule has 0 aromatic heterocycles. The van der Waals surface area contributed by atoms with Gasteiger partial charge in [-0.1, -0.05) is 108 Å². The molecule has 7 heteroatoms. The van der Waals surface area contributed by atoms with E-state index < -0.39 is 46.3 Å². The van der Waals surface area contributed by atoms with Crippen LogP contribution in [-0.2, 0) is 18.6 Å². The van der Waals surface area contributed by atoms with Crippen molar-refractivity contribution < 1.29 is 23.7 Å². The number of ether oxygens (including phenoxy) is 3. The molecule has 2 heterocycles. The standard InChI is InChI=1S/C32H46O5Si2/c1-9-38(10-2,11-3)23-22-32(28(33)27-29(37-32)36-31(7,8)35-27)24-34-39(30(4,5)6,25-18-14-12-15-19-25)26-20-16-13-17-21-26/h12-21,27-29,33H,9-11,24H2,1-8H3/t27-,28-,29+,32-/m1/s1. The van der Waals surface area contributed by atoms with E-state index in [0.29, 0.717) is 0 Å². The zero-order chi connectivity index (χ0) is 28.5. The predicted octanol–water partition coefficient (Wildman–Crippen LogP) is 5.22. The van der Waals surface area contributed by atoms with Crippen LogP contribution in [0.25, 0.3) is 0 Å². The highest BCUT2D eigenvalue weighted by atomic mass is 28.4. The number of aliphatic hydroxyl groups excluding tert-OH is 1. The fraction of sp³-hybridized carbons (Fsp3) is 0.562. The predicted molar refractivity (Wildman–Crippen MR) is 162 cm³/mol. The van der Waals surface area contributed by atoms with E-state index in [0.717, 1.165) is 18.1 Å². The number of benzene rings is 2. The highest BCUT2D eigenvalue weighted by molar-refractivity contribution is 6.99. The van der Waals surface area contributed by atoms with Crippen molar-refractivity contribution in [2.24, 2.45) is 0 Å². The smallest absolute Gasteiger partial charge is 0.261 e. The molecular formula is C32H46O5Si2. The molecule has 0 spiro atoms. The molecule has 4 atom stereocenters. The van der Waals surface area contributed by atoms with Crippen molar-refractivity contribution in [1.82, 2.24) is 0 Å². The molecule has 0 aliphatic carbocycles.